The molecular formula is C8H12BrN. The standard InChI is InChI=1S/C7H7Br.CH5N/c1-6-3-2-4-7(8)5-6;1-2/h2-5H,1H3;2H2,1H3. The summed E-state index contributed by atoms with van der Waals surface area (Å²) in [5.74, 6) is 0. The van der Waals surface area contributed by atoms with Gasteiger partial charge >= 0.3 is 0 Å². The van der Waals surface area contributed by atoms with Crippen molar-refractivity contribution < 1.29 is 0 Å². The van der Waals surface area contributed by atoms with E-state index in [1.54, 1.807) is 0 Å². The van der Waals surface area contributed by atoms with Crippen molar-refractivity contribution >= 4 is 15.9 Å². The van der Waals surface area contributed by atoms with Gasteiger partial charge in [-0.1, -0.05) is 33.6 Å². The third kappa shape index (κ3) is 3.64. The molecule has 0 aliphatic heterocycles. The minimum atomic E-state index is 1.15. The van der Waals surface area contributed by atoms with E-state index in [-0.39, 0.29) is 0 Å². The summed E-state index contributed by atoms with van der Waals surface area (Å²) in [5, 5.41) is 0. The lowest BCUT2D eigenvalue weighted by molar-refractivity contribution is 1.45. The van der Waals surface area contributed by atoms with Gasteiger partial charge in [-0.15, -0.1) is 0 Å². The third-order valence-corrected chi connectivity index (χ3v) is 1.47. The Hall–Kier alpha value is -0.340. The van der Waals surface area contributed by atoms with Crippen LogP contribution in [0, 0.1) is 6.92 Å². The number of aryl methyl sites for hydroxylation is 1. The van der Waals surface area contributed by atoms with Gasteiger partial charge in [0.25, 0.3) is 0 Å². The van der Waals surface area contributed by atoms with Crippen LogP contribution in [0.5, 0.6) is 0 Å². The maximum Gasteiger partial charge on any atom is 0.0177 e. The highest BCUT2D eigenvalue weighted by atomic mass is 79.9. The van der Waals surface area contributed by atoms with Crippen LogP contribution in [0.3, 0.4) is 0 Å². The summed E-state index contributed by atoms with van der Waals surface area (Å²) in [5.41, 5.74) is 5.79. The second-order valence-corrected chi connectivity index (χ2v) is 2.71. The van der Waals surface area contributed by atoms with Crippen LogP contribution in [-0.4, -0.2) is 7.05 Å². The van der Waals surface area contributed by atoms with Gasteiger partial charge in [0, 0.05) is 4.47 Å². The van der Waals surface area contributed by atoms with E-state index in [4.69, 9.17) is 0 Å². The molecule has 0 atom stereocenters. The maximum atomic E-state index is 4.50. The fourth-order valence-corrected chi connectivity index (χ4v) is 1.12. The van der Waals surface area contributed by atoms with E-state index in [0.717, 1.165) is 4.47 Å². The van der Waals surface area contributed by atoms with Gasteiger partial charge in [0.1, 0.15) is 0 Å². The Morgan fingerprint density at radius 2 is 1.90 bits per heavy atom. The van der Waals surface area contributed by atoms with Crippen molar-refractivity contribution in [3.63, 3.8) is 0 Å². The average Bonchev–Trinajstić information content (AvgIpc) is 1.91. The molecule has 0 unspecified atom stereocenters. The zero-order chi connectivity index (χ0) is 7.98. The molecule has 2 heteroatoms. The van der Waals surface area contributed by atoms with Crippen LogP contribution in [0.1, 0.15) is 5.56 Å². The van der Waals surface area contributed by atoms with E-state index in [1.807, 2.05) is 12.1 Å². The molecule has 10 heavy (non-hydrogen) atoms. The van der Waals surface area contributed by atoms with Gasteiger partial charge in [-0.05, 0) is 26.1 Å². The monoisotopic (exact) mass is 201 g/mol. The Kier molecular flexibility index (Phi) is 5.26. The summed E-state index contributed by atoms with van der Waals surface area (Å²) < 4.78 is 1.15. The normalized spacial score (nSPS) is 8.00. The highest BCUT2D eigenvalue weighted by Gasteiger charge is 1.82. The lowest BCUT2D eigenvalue weighted by atomic mass is 10.2. The first-order valence-electron chi connectivity index (χ1n) is 3.09. The molecule has 0 heterocycles. The average molecular weight is 202 g/mol. The molecule has 0 radical (unpaired) electrons. The van der Waals surface area contributed by atoms with Crippen molar-refractivity contribution in [1.29, 1.82) is 0 Å². The Bertz CT molecular complexity index is 169. The minimum Gasteiger partial charge on any atom is -0.333 e. The van der Waals surface area contributed by atoms with Crippen molar-refractivity contribution in [2.24, 2.45) is 5.73 Å². The van der Waals surface area contributed by atoms with Crippen LogP contribution >= 0.6 is 15.9 Å². The van der Waals surface area contributed by atoms with Crippen molar-refractivity contribution in [3.8, 4) is 0 Å². The fraction of sp³-hybridized carbons (Fsp3) is 0.250. The second kappa shape index (κ2) is 5.45. The van der Waals surface area contributed by atoms with Crippen molar-refractivity contribution in [1.82, 2.24) is 0 Å². The molecule has 0 saturated heterocycles. The smallest absolute Gasteiger partial charge is 0.0177 e. The van der Waals surface area contributed by atoms with Gasteiger partial charge in [0.2, 0.25) is 0 Å². The van der Waals surface area contributed by atoms with Gasteiger partial charge in [0.05, 0.1) is 0 Å². The number of hydrogen-bond acceptors (Lipinski definition) is 1. The summed E-state index contributed by atoms with van der Waals surface area (Å²) in [7, 11) is 1.50. The zero-order valence-electron chi connectivity index (χ0n) is 6.26. The van der Waals surface area contributed by atoms with Crippen LogP contribution in [-0.2, 0) is 0 Å². The highest BCUT2D eigenvalue weighted by Crippen LogP contribution is 2.09. The van der Waals surface area contributed by atoms with Crippen LogP contribution in [0.2, 0.25) is 0 Å². The van der Waals surface area contributed by atoms with Crippen molar-refractivity contribution in [3.05, 3.63) is 34.3 Å². The first-order chi connectivity index (χ1) is 4.79. The number of halogens is 1. The number of rotatable bonds is 0. The van der Waals surface area contributed by atoms with E-state index >= 15 is 0 Å². The molecule has 0 aliphatic rings. The SMILES string of the molecule is CN.Cc1cccc(Br)c1. The lowest BCUT2D eigenvalue weighted by Gasteiger charge is -1.89. The van der Waals surface area contributed by atoms with Gasteiger partial charge < -0.3 is 5.73 Å². The van der Waals surface area contributed by atoms with Crippen LogP contribution in [0.4, 0.5) is 0 Å². The van der Waals surface area contributed by atoms with Gasteiger partial charge in [-0.25, -0.2) is 0 Å². The second-order valence-electron chi connectivity index (χ2n) is 1.80. The summed E-state index contributed by atoms with van der Waals surface area (Å²) >= 11 is 3.36. The molecule has 56 valence electrons. The molecule has 0 aliphatic carbocycles. The summed E-state index contributed by atoms with van der Waals surface area (Å²) in [6.07, 6.45) is 0. The molecule has 1 aromatic rings. The number of benzene rings is 1. The van der Waals surface area contributed by atoms with Crippen LogP contribution in [0.15, 0.2) is 28.7 Å². The summed E-state index contributed by atoms with van der Waals surface area (Å²) in [6.45, 7) is 2.07. The Morgan fingerprint density at radius 3 is 2.20 bits per heavy atom. The largest absolute Gasteiger partial charge is 0.333 e. The Balaban J connectivity index is 0.000000371. The molecule has 1 rings (SSSR count). The van der Waals surface area contributed by atoms with E-state index in [9.17, 15) is 0 Å². The molecule has 0 bridgehead atoms. The number of nitrogens with two attached hydrogens (primary N) is 1. The predicted molar refractivity (Wildman–Crippen MR) is 49.0 cm³/mol. The highest BCUT2D eigenvalue weighted by molar-refractivity contribution is 9.10. The molecule has 0 saturated carbocycles. The molecule has 0 fully saturated rings. The molecule has 0 amide bonds. The van der Waals surface area contributed by atoms with Gasteiger partial charge in [-0.3, -0.25) is 0 Å². The van der Waals surface area contributed by atoms with Crippen molar-refractivity contribution in [2.45, 2.75) is 6.92 Å². The molecule has 1 nitrogen and oxygen atoms in total. The van der Waals surface area contributed by atoms with Crippen molar-refractivity contribution in [2.75, 3.05) is 7.05 Å². The predicted octanol–water partition coefficient (Wildman–Crippen LogP) is 2.33. The maximum absolute atomic E-state index is 4.50. The van der Waals surface area contributed by atoms with Gasteiger partial charge in [-0.2, -0.15) is 0 Å². The molecule has 2 N–H and O–H groups in total. The summed E-state index contributed by atoms with van der Waals surface area (Å²) in [6, 6.07) is 8.21. The fourth-order valence-electron chi connectivity index (χ4n) is 0.606. The molecule has 0 aromatic heterocycles. The lowest BCUT2D eigenvalue weighted by Crippen LogP contribution is -1.69. The Morgan fingerprint density at radius 1 is 1.30 bits per heavy atom. The Labute approximate surface area is 70.4 Å². The number of hydrogen-bond donors (Lipinski definition) is 1. The third-order valence-electron chi connectivity index (χ3n) is 0.980. The first kappa shape index (κ1) is 9.66. The van der Waals surface area contributed by atoms with Gasteiger partial charge in [0.15, 0.2) is 0 Å². The molecule has 1 aromatic carbocycles. The van der Waals surface area contributed by atoms with Crippen LogP contribution < -0.4 is 5.73 Å². The van der Waals surface area contributed by atoms with Crippen LogP contribution in [0.25, 0.3) is 0 Å². The zero-order valence-corrected chi connectivity index (χ0v) is 7.85. The topological polar surface area (TPSA) is 26.0 Å². The van der Waals surface area contributed by atoms with E-state index in [1.165, 1.54) is 12.6 Å². The molecular weight excluding hydrogens is 190 g/mol. The van der Waals surface area contributed by atoms with E-state index in [2.05, 4.69) is 40.7 Å². The van der Waals surface area contributed by atoms with E-state index in [0.29, 0.717) is 0 Å². The minimum absolute atomic E-state index is 1.15. The quantitative estimate of drug-likeness (QED) is 0.686. The first-order valence-corrected chi connectivity index (χ1v) is 3.88. The molecule has 0 spiro atoms. The van der Waals surface area contributed by atoms with E-state index < -0.39 is 0 Å². The summed E-state index contributed by atoms with van der Waals surface area (Å²) in [4.78, 5) is 0.